The number of nitriles is 1. The maximum absolute atomic E-state index is 9.83. The Hall–Kier alpha value is -0.550. The van der Waals surface area contributed by atoms with Gasteiger partial charge in [-0.15, -0.1) is 0 Å². The Bertz CT molecular complexity index is 312. The van der Waals surface area contributed by atoms with Crippen LogP contribution >= 0.6 is 0 Å². The first-order valence-corrected chi connectivity index (χ1v) is 7.76. The lowest BCUT2D eigenvalue weighted by Crippen LogP contribution is -2.57. The van der Waals surface area contributed by atoms with Crippen LogP contribution in [0, 0.1) is 29.1 Å². The van der Waals surface area contributed by atoms with E-state index in [2.05, 4.69) is 32.2 Å². The molecule has 0 saturated heterocycles. The minimum absolute atomic E-state index is 0.249. The van der Waals surface area contributed by atoms with Gasteiger partial charge in [0.2, 0.25) is 0 Å². The minimum Gasteiger partial charge on any atom is -0.296 e. The summed E-state index contributed by atoms with van der Waals surface area (Å²) in [6.45, 7) is 6.87. The third kappa shape index (κ3) is 2.72. The molecule has 2 fully saturated rings. The molecule has 2 nitrogen and oxygen atoms in total. The fourth-order valence-corrected chi connectivity index (χ4v) is 4.18. The van der Waals surface area contributed by atoms with E-state index in [1.165, 1.54) is 38.5 Å². The zero-order valence-corrected chi connectivity index (χ0v) is 12.2. The molecule has 2 heteroatoms. The summed E-state index contributed by atoms with van der Waals surface area (Å²) in [5.74, 6) is 1.82. The van der Waals surface area contributed by atoms with Gasteiger partial charge >= 0.3 is 0 Å². The molecule has 0 radical (unpaired) electrons. The van der Waals surface area contributed by atoms with E-state index >= 15 is 0 Å². The summed E-state index contributed by atoms with van der Waals surface area (Å²) in [7, 11) is 0. The van der Waals surface area contributed by atoms with Crippen LogP contribution in [0.1, 0.15) is 65.7 Å². The summed E-state index contributed by atoms with van der Waals surface area (Å²) in [6, 6.07) is 3.29. The monoisotopic (exact) mass is 248 g/mol. The average molecular weight is 248 g/mol. The maximum atomic E-state index is 9.83. The highest BCUT2D eigenvalue weighted by molar-refractivity contribution is 5.15. The van der Waals surface area contributed by atoms with Crippen molar-refractivity contribution in [2.45, 2.75) is 77.3 Å². The molecule has 2 saturated carbocycles. The highest BCUT2D eigenvalue weighted by atomic mass is 15.0. The molecule has 0 aromatic heterocycles. The molecule has 2 aliphatic carbocycles. The fraction of sp³-hybridized carbons (Fsp3) is 0.938. The average Bonchev–Trinajstić information content (AvgIpc) is 2.81. The summed E-state index contributed by atoms with van der Waals surface area (Å²) in [5, 5.41) is 13.6. The summed E-state index contributed by atoms with van der Waals surface area (Å²) >= 11 is 0. The van der Waals surface area contributed by atoms with Crippen LogP contribution in [0.4, 0.5) is 0 Å². The summed E-state index contributed by atoms with van der Waals surface area (Å²) in [6.07, 6.45) is 8.75. The quantitative estimate of drug-likeness (QED) is 0.823. The number of hydrogen-bond acceptors (Lipinski definition) is 2. The van der Waals surface area contributed by atoms with Gasteiger partial charge in [0.15, 0.2) is 0 Å². The van der Waals surface area contributed by atoms with Crippen molar-refractivity contribution in [2.75, 3.05) is 0 Å². The first kappa shape index (κ1) is 13.9. The van der Waals surface area contributed by atoms with E-state index < -0.39 is 0 Å². The van der Waals surface area contributed by atoms with Gasteiger partial charge in [-0.3, -0.25) is 5.32 Å². The highest BCUT2D eigenvalue weighted by Gasteiger charge is 2.45. The molecule has 2 aliphatic rings. The highest BCUT2D eigenvalue weighted by Crippen LogP contribution is 2.41. The van der Waals surface area contributed by atoms with E-state index in [-0.39, 0.29) is 5.54 Å². The van der Waals surface area contributed by atoms with Gasteiger partial charge < -0.3 is 0 Å². The first-order chi connectivity index (χ1) is 8.57. The van der Waals surface area contributed by atoms with Gasteiger partial charge in [-0.25, -0.2) is 0 Å². The number of nitrogens with zero attached hydrogens (tertiary/aromatic N) is 1. The Balaban J connectivity index is 2.16. The molecule has 1 N–H and O–H groups in total. The predicted molar refractivity (Wildman–Crippen MR) is 75.1 cm³/mol. The molecule has 0 aromatic rings. The normalized spacial score (nSPS) is 37.9. The largest absolute Gasteiger partial charge is 0.296 e. The van der Waals surface area contributed by atoms with Crippen molar-refractivity contribution < 1.29 is 0 Å². The van der Waals surface area contributed by atoms with Crippen LogP contribution in [0.25, 0.3) is 0 Å². The minimum atomic E-state index is -0.249. The van der Waals surface area contributed by atoms with Crippen molar-refractivity contribution in [1.82, 2.24) is 5.32 Å². The Morgan fingerprint density at radius 2 is 1.83 bits per heavy atom. The van der Waals surface area contributed by atoms with Crippen LogP contribution in [0.3, 0.4) is 0 Å². The van der Waals surface area contributed by atoms with Gasteiger partial charge in [0.1, 0.15) is 5.54 Å². The molecule has 0 aliphatic heterocycles. The molecule has 3 unspecified atom stereocenters. The molecule has 102 valence electrons. The van der Waals surface area contributed by atoms with Crippen molar-refractivity contribution in [3.05, 3.63) is 0 Å². The Morgan fingerprint density at radius 1 is 1.17 bits per heavy atom. The molecular formula is C16H28N2. The van der Waals surface area contributed by atoms with Gasteiger partial charge in [0.25, 0.3) is 0 Å². The maximum Gasteiger partial charge on any atom is 0.110 e. The smallest absolute Gasteiger partial charge is 0.110 e. The van der Waals surface area contributed by atoms with Crippen molar-refractivity contribution in [1.29, 1.82) is 5.26 Å². The SMILES string of the molecule is CC1CCC(C(C)C)C(C#N)(NC2CCCC2)C1. The van der Waals surface area contributed by atoms with Gasteiger partial charge in [-0.05, 0) is 43.4 Å². The third-order valence-electron chi connectivity index (χ3n) is 5.09. The van der Waals surface area contributed by atoms with Crippen molar-refractivity contribution in [2.24, 2.45) is 17.8 Å². The first-order valence-electron chi connectivity index (χ1n) is 7.76. The lowest BCUT2D eigenvalue weighted by atomic mass is 9.65. The van der Waals surface area contributed by atoms with E-state index in [0.29, 0.717) is 23.8 Å². The number of hydrogen-bond donors (Lipinski definition) is 1. The van der Waals surface area contributed by atoms with Crippen LogP contribution in [-0.2, 0) is 0 Å². The van der Waals surface area contributed by atoms with E-state index in [9.17, 15) is 5.26 Å². The van der Waals surface area contributed by atoms with Crippen LogP contribution in [0.15, 0.2) is 0 Å². The van der Waals surface area contributed by atoms with Crippen molar-refractivity contribution >= 4 is 0 Å². The Morgan fingerprint density at radius 3 is 2.39 bits per heavy atom. The lowest BCUT2D eigenvalue weighted by Gasteiger charge is -2.45. The molecule has 0 amide bonds. The zero-order valence-electron chi connectivity index (χ0n) is 12.2. The number of nitrogens with one attached hydrogen (secondary N) is 1. The third-order valence-corrected chi connectivity index (χ3v) is 5.09. The number of rotatable bonds is 3. The molecule has 0 aromatic carbocycles. The van der Waals surface area contributed by atoms with Crippen LogP contribution in [0.5, 0.6) is 0 Å². The van der Waals surface area contributed by atoms with Crippen LogP contribution < -0.4 is 5.32 Å². The fourth-order valence-electron chi connectivity index (χ4n) is 4.18. The van der Waals surface area contributed by atoms with Crippen molar-refractivity contribution in [3.8, 4) is 6.07 Å². The van der Waals surface area contributed by atoms with E-state index in [0.717, 1.165) is 6.42 Å². The summed E-state index contributed by atoms with van der Waals surface area (Å²) in [5.41, 5.74) is -0.249. The van der Waals surface area contributed by atoms with Crippen LogP contribution in [-0.4, -0.2) is 11.6 Å². The Labute approximate surface area is 112 Å². The van der Waals surface area contributed by atoms with Crippen molar-refractivity contribution in [3.63, 3.8) is 0 Å². The second-order valence-electron chi connectivity index (χ2n) is 6.95. The van der Waals surface area contributed by atoms with E-state index in [1.54, 1.807) is 0 Å². The van der Waals surface area contributed by atoms with E-state index in [4.69, 9.17) is 0 Å². The molecule has 0 spiro atoms. The van der Waals surface area contributed by atoms with E-state index in [1.807, 2.05) is 0 Å². The zero-order chi connectivity index (χ0) is 13.2. The summed E-state index contributed by atoms with van der Waals surface area (Å²) < 4.78 is 0. The molecule has 3 atom stereocenters. The van der Waals surface area contributed by atoms with Gasteiger partial charge in [-0.1, -0.05) is 40.0 Å². The Kier molecular flexibility index (Phi) is 4.33. The lowest BCUT2D eigenvalue weighted by molar-refractivity contribution is 0.108. The summed E-state index contributed by atoms with van der Waals surface area (Å²) in [4.78, 5) is 0. The second-order valence-corrected chi connectivity index (χ2v) is 6.95. The molecule has 18 heavy (non-hydrogen) atoms. The molecule has 0 heterocycles. The topological polar surface area (TPSA) is 35.8 Å². The molecule has 0 bridgehead atoms. The standard InChI is InChI=1S/C16H28N2/c1-12(2)15-9-8-13(3)10-16(15,11-17)18-14-6-4-5-7-14/h12-15,18H,4-10H2,1-3H3. The van der Waals surface area contributed by atoms with Crippen LogP contribution in [0.2, 0.25) is 0 Å². The molecule has 2 rings (SSSR count). The second kappa shape index (κ2) is 5.61. The molecular weight excluding hydrogens is 220 g/mol. The predicted octanol–water partition coefficient (Wildman–Crippen LogP) is 3.87. The van der Waals surface area contributed by atoms with Gasteiger partial charge in [-0.2, -0.15) is 5.26 Å². The van der Waals surface area contributed by atoms with Gasteiger partial charge in [0, 0.05) is 6.04 Å². The van der Waals surface area contributed by atoms with Gasteiger partial charge in [0.05, 0.1) is 6.07 Å².